The Balaban J connectivity index is 1.68. The largest absolute Gasteiger partial charge is 0.508 e. The number of ketones is 4. The Morgan fingerprint density at radius 1 is 0.529 bits per heavy atom. The summed E-state index contributed by atoms with van der Waals surface area (Å²) in [4.78, 5) is 72.1. The molecule has 24 heteroatoms. The van der Waals surface area contributed by atoms with Gasteiger partial charge in [0.15, 0.2) is 0 Å². The second kappa shape index (κ2) is 19.2. The number of phenols is 2. The van der Waals surface area contributed by atoms with Gasteiger partial charge >= 0.3 is 5.97 Å². The summed E-state index contributed by atoms with van der Waals surface area (Å²) >= 11 is 0. The molecule has 0 bridgehead atoms. The predicted octanol–water partition coefficient (Wildman–Crippen LogP) is -3.78. The molecular formula is C44H44O24. The van der Waals surface area contributed by atoms with Crippen molar-refractivity contribution < 1.29 is 120 Å². The fourth-order valence-corrected chi connectivity index (χ4v) is 8.20. The standard InChI is InChI=1S/C44H44O24/c45-13-21-28(51)32(55)34(57)40(67-21)43(65)36(59)23(19(49)11-5-15-1-7-17(47)8-2-15)30(53)26(38(43)61)25(42(63)64)27-31(54)24(20(50)12-6-16-3-9-18(48)10-4-16)37(60)44(66,39(27)62)41-35(58)33(56)29(52)22(14-46)68-41/h1-12,21-22,25,28-29,32-35,40-41,45-58,65-66H,13-14H2,(H,63,64)/t21-,22-,25?,28+,29+,32+,33+,34-,35-,40-,41-,43+,44+/m1/s1. The number of aliphatic hydroxyl groups is 14. The van der Waals surface area contributed by atoms with Crippen molar-refractivity contribution >= 4 is 41.3 Å². The maximum atomic E-state index is 14.8. The maximum Gasteiger partial charge on any atom is 0.316 e. The summed E-state index contributed by atoms with van der Waals surface area (Å²) in [7, 11) is 0. The molecule has 2 fully saturated rings. The Hall–Kier alpha value is -6.65. The molecule has 2 aromatic rings. The molecular weight excluding hydrogens is 912 g/mol. The molecule has 0 radical (unpaired) electrons. The highest BCUT2D eigenvalue weighted by molar-refractivity contribution is 6.32. The summed E-state index contributed by atoms with van der Waals surface area (Å²) < 4.78 is 10.6. The van der Waals surface area contributed by atoms with Crippen LogP contribution in [0.15, 0.2) is 106 Å². The summed E-state index contributed by atoms with van der Waals surface area (Å²) in [5.74, 6) is -22.2. The number of ether oxygens (including phenoxy) is 2. The van der Waals surface area contributed by atoms with Crippen molar-refractivity contribution in [2.45, 2.75) is 72.2 Å². The maximum absolute atomic E-state index is 14.8. The molecule has 12 atom stereocenters. The Morgan fingerprint density at radius 3 is 1.15 bits per heavy atom. The molecule has 4 aliphatic rings. The molecule has 364 valence electrons. The third kappa shape index (κ3) is 8.37. The summed E-state index contributed by atoms with van der Waals surface area (Å²) in [6.45, 7) is -2.51. The zero-order chi connectivity index (χ0) is 50.5. The molecule has 2 saturated heterocycles. The molecule has 2 aliphatic heterocycles. The van der Waals surface area contributed by atoms with Crippen molar-refractivity contribution in [2.24, 2.45) is 5.92 Å². The van der Waals surface area contributed by atoms with Gasteiger partial charge in [0.2, 0.25) is 34.3 Å². The molecule has 0 aromatic heterocycles. The summed E-state index contributed by atoms with van der Waals surface area (Å²) in [6, 6.07) is 9.68. The summed E-state index contributed by atoms with van der Waals surface area (Å²) in [5, 5.41) is 186. The van der Waals surface area contributed by atoms with Gasteiger partial charge in [-0.25, -0.2) is 0 Å². The van der Waals surface area contributed by atoms with Gasteiger partial charge < -0.3 is 96.3 Å². The van der Waals surface area contributed by atoms with E-state index in [1.165, 1.54) is 48.5 Å². The van der Waals surface area contributed by atoms with Gasteiger partial charge in [-0.15, -0.1) is 0 Å². The number of aliphatic carboxylic acids is 1. The molecule has 68 heavy (non-hydrogen) atoms. The van der Waals surface area contributed by atoms with Crippen molar-refractivity contribution in [1.82, 2.24) is 0 Å². The summed E-state index contributed by atoms with van der Waals surface area (Å²) in [6.07, 6.45) is -21.5. The molecule has 0 saturated carbocycles. The highest BCUT2D eigenvalue weighted by Crippen LogP contribution is 2.47. The second-order valence-corrected chi connectivity index (χ2v) is 16.0. The molecule has 0 spiro atoms. The van der Waals surface area contributed by atoms with Gasteiger partial charge in [-0.2, -0.15) is 0 Å². The Labute approximate surface area is 381 Å². The molecule has 0 unspecified atom stereocenters. The Kier molecular flexibility index (Phi) is 14.3. The number of aliphatic hydroxyl groups excluding tert-OH is 12. The van der Waals surface area contributed by atoms with E-state index in [-0.39, 0.29) is 22.6 Å². The van der Waals surface area contributed by atoms with Gasteiger partial charge in [0.25, 0.3) is 0 Å². The van der Waals surface area contributed by atoms with E-state index in [0.29, 0.717) is 12.2 Å². The number of hydrogen-bond acceptors (Lipinski definition) is 23. The predicted molar refractivity (Wildman–Crippen MR) is 221 cm³/mol. The van der Waals surface area contributed by atoms with E-state index in [2.05, 4.69) is 0 Å². The normalized spacial score (nSPS) is 34.8. The number of carbonyl (C=O) groups excluding carboxylic acids is 4. The number of carbonyl (C=O) groups is 5. The average molecular weight is 957 g/mol. The van der Waals surface area contributed by atoms with Crippen molar-refractivity contribution in [3.05, 3.63) is 117 Å². The lowest BCUT2D eigenvalue weighted by Crippen LogP contribution is -2.72. The summed E-state index contributed by atoms with van der Waals surface area (Å²) in [5.41, 5.74) is -15.2. The zero-order valence-corrected chi connectivity index (χ0v) is 34.7. The number of hydrogen-bond donors (Lipinski definition) is 17. The van der Waals surface area contributed by atoms with E-state index >= 15 is 0 Å². The lowest BCUT2D eigenvalue weighted by molar-refractivity contribution is -0.260. The van der Waals surface area contributed by atoms with Crippen molar-refractivity contribution in [3.8, 4) is 11.5 Å². The SMILES string of the molecule is O=C(O)C(C1=C(O)C(=C(O)C=Cc2ccc(O)cc2)C(=O)[C@@](O)([C@@H]2O[C@H](CO)[C@H](O)[C@H](O)[C@H]2O)C1=O)C1=C(O)C(=C(O)C=Cc2ccc(O)cc2)C(=O)[C@@](O)([C@@H]2O[C@H](CO)[C@H](O)[C@H](O)[C@H]2O)C1=O. The first-order valence-corrected chi connectivity index (χ1v) is 20.0. The van der Waals surface area contributed by atoms with Crippen LogP contribution in [0.4, 0.5) is 0 Å². The van der Waals surface area contributed by atoms with Crippen LogP contribution in [0.3, 0.4) is 0 Å². The van der Waals surface area contributed by atoms with Gasteiger partial charge in [-0.05, 0) is 47.5 Å². The number of benzene rings is 2. The van der Waals surface area contributed by atoms with Gasteiger partial charge in [0.1, 0.15) is 113 Å². The number of phenolic OH excluding ortho intramolecular Hbond substituents is 2. The van der Waals surface area contributed by atoms with Gasteiger partial charge in [-0.3, -0.25) is 24.0 Å². The minimum absolute atomic E-state index is 0.143. The first kappa shape index (κ1) is 50.8. The van der Waals surface area contributed by atoms with Crippen LogP contribution < -0.4 is 0 Å². The molecule has 0 amide bonds. The highest BCUT2D eigenvalue weighted by atomic mass is 16.6. The molecule has 2 heterocycles. The topological polar surface area (TPSA) is 448 Å². The molecule has 6 rings (SSSR count). The lowest BCUT2D eigenvalue weighted by atomic mass is 9.64. The van der Waals surface area contributed by atoms with E-state index in [1.54, 1.807) is 0 Å². The first-order chi connectivity index (χ1) is 31.9. The van der Waals surface area contributed by atoms with Gasteiger partial charge in [-0.1, -0.05) is 36.4 Å². The van der Waals surface area contributed by atoms with Crippen molar-refractivity contribution in [1.29, 1.82) is 0 Å². The number of Topliss-reactive ketones (excluding diaryl/α,β-unsaturated/α-hetero) is 4. The number of allylic oxidation sites excluding steroid dienone is 4. The third-order valence-electron chi connectivity index (χ3n) is 11.9. The lowest BCUT2D eigenvalue weighted by Gasteiger charge is -2.48. The highest BCUT2D eigenvalue weighted by Gasteiger charge is 2.68. The van der Waals surface area contributed by atoms with Gasteiger partial charge in [0, 0.05) is 0 Å². The Morgan fingerprint density at radius 2 is 0.853 bits per heavy atom. The van der Waals surface area contributed by atoms with Crippen LogP contribution in [0.5, 0.6) is 11.5 Å². The van der Waals surface area contributed by atoms with Crippen molar-refractivity contribution in [2.75, 3.05) is 13.2 Å². The number of rotatable bonds is 11. The van der Waals surface area contributed by atoms with E-state index in [0.717, 1.165) is 12.2 Å². The first-order valence-electron chi connectivity index (χ1n) is 20.0. The molecule has 17 N–H and O–H groups in total. The van der Waals surface area contributed by atoms with E-state index in [1.807, 2.05) is 0 Å². The van der Waals surface area contributed by atoms with Crippen LogP contribution in [0.25, 0.3) is 12.2 Å². The van der Waals surface area contributed by atoms with Crippen LogP contribution in [0.1, 0.15) is 11.1 Å². The van der Waals surface area contributed by atoms with E-state index < -0.39 is 166 Å². The van der Waals surface area contributed by atoms with Crippen LogP contribution in [-0.4, -0.2) is 201 Å². The average Bonchev–Trinajstić information content (AvgIpc) is 3.30. The number of aromatic hydroxyl groups is 2. The smallest absolute Gasteiger partial charge is 0.316 e. The second-order valence-electron chi connectivity index (χ2n) is 16.0. The monoisotopic (exact) mass is 956 g/mol. The van der Waals surface area contributed by atoms with Crippen LogP contribution in [-0.2, 0) is 33.4 Å². The quantitative estimate of drug-likeness (QED) is 0.0584. The Bertz CT molecular complexity index is 2400. The molecule has 24 nitrogen and oxygen atoms in total. The molecule has 2 aliphatic carbocycles. The minimum atomic E-state index is -4.19. The number of carboxylic acids is 1. The molecule has 2 aromatic carbocycles. The fraction of sp³-hybridized carbons (Fsp3) is 0.341. The third-order valence-corrected chi connectivity index (χ3v) is 11.9. The van der Waals surface area contributed by atoms with Crippen LogP contribution in [0.2, 0.25) is 0 Å². The van der Waals surface area contributed by atoms with Gasteiger partial charge in [0.05, 0.1) is 24.4 Å². The van der Waals surface area contributed by atoms with E-state index in [4.69, 9.17) is 9.47 Å². The zero-order valence-electron chi connectivity index (χ0n) is 34.7. The van der Waals surface area contributed by atoms with E-state index in [9.17, 15) is 111 Å². The number of carboxylic acid groups (broad SMARTS) is 1. The van der Waals surface area contributed by atoms with Crippen LogP contribution >= 0.6 is 0 Å². The van der Waals surface area contributed by atoms with Crippen molar-refractivity contribution in [3.63, 3.8) is 0 Å². The minimum Gasteiger partial charge on any atom is -0.508 e. The fourth-order valence-electron chi connectivity index (χ4n) is 8.20. The van der Waals surface area contributed by atoms with Crippen LogP contribution in [0, 0.1) is 5.92 Å².